The molecule has 0 aliphatic rings. The van der Waals surface area contributed by atoms with Gasteiger partial charge in [0, 0.05) is 43.4 Å². The Morgan fingerprint density at radius 3 is 0.805 bits per heavy atom. The molecular weight excluding hydrogens is 1030 g/mol. The van der Waals surface area contributed by atoms with Crippen molar-refractivity contribution in [2.45, 2.75) is 233 Å². The number of nitrogens with zero attached hydrogens (tertiary/aromatic N) is 4. The van der Waals surface area contributed by atoms with Crippen LogP contribution in [-0.2, 0) is 0 Å². The van der Waals surface area contributed by atoms with E-state index < -0.39 is 43.2 Å². The van der Waals surface area contributed by atoms with E-state index in [9.17, 15) is 9.59 Å². The Bertz CT molecular complexity index is 3470. The molecule has 0 radical (unpaired) electrons. The van der Waals surface area contributed by atoms with Gasteiger partial charge in [-0.3, -0.25) is 9.59 Å². The van der Waals surface area contributed by atoms with Gasteiger partial charge in [0.05, 0.1) is 33.9 Å². The van der Waals surface area contributed by atoms with Gasteiger partial charge in [0.25, 0.3) is 0 Å². The number of aromatic nitrogens is 4. The fourth-order valence-electron chi connectivity index (χ4n) is 15.5. The van der Waals surface area contributed by atoms with Crippen molar-refractivity contribution in [3.8, 4) is 45.9 Å². The van der Waals surface area contributed by atoms with E-state index in [0.29, 0.717) is 143 Å². The molecule has 0 fully saturated rings. The zero-order valence-electron chi connectivity index (χ0n) is 51.3. The average molecular weight is 1110 g/mol. The van der Waals surface area contributed by atoms with Crippen molar-refractivity contribution >= 4 is 109 Å². The second-order valence-corrected chi connectivity index (χ2v) is 49.3. The van der Waals surface area contributed by atoms with Gasteiger partial charge in [0.1, 0.15) is 54.4 Å². The predicted molar refractivity (Wildman–Crippen MR) is 347 cm³/mol. The van der Waals surface area contributed by atoms with Crippen molar-refractivity contribution in [2.24, 2.45) is 0 Å². The summed E-state index contributed by atoms with van der Waals surface area (Å²) < 4.78 is 10.1. The van der Waals surface area contributed by atoms with E-state index in [-0.39, 0.29) is 0 Å². The van der Waals surface area contributed by atoms with E-state index >= 15 is 0 Å². The molecule has 7 rings (SSSR count). The van der Waals surface area contributed by atoms with Crippen LogP contribution in [0.4, 0.5) is 0 Å². The summed E-state index contributed by atoms with van der Waals surface area (Å²) >= 11 is 1.18. The quantitative estimate of drug-likeness (QED) is 0.0398. The summed E-state index contributed by atoms with van der Waals surface area (Å²) in [6.07, 6.45) is 0. The first-order valence-corrected chi connectivity index (χ1v) is 38.7. The molecule has 0 atom stereocenters. The third kappa shape index (κ3) is 9.55. The van der Waals surface area contributed by atoms with Crippen LogP contribution in [0.1, 0.15) is 188 Å². The molecule has 0 spiro atoms. The van der Waals surface area contributed by atoms with E-state index in [1.54, 1.807) is 0 Å². The summed E-state index contributed by atoms with van der Waals surface area (Å²) in [4.78, 5) is 41.6. The van der Waals surface area contributed by atoms with Crippen molar-refractivity contribution in [1.82, 2.24) is 18.7 Å². The minimum absolute atomic E-state index is 0.360. The highest BCUT2D eigenvalue weighted by atomic mass is 32.1. The van der Waals surface area contributed by atoms with Gasteiger partial charge in [-0.2, -0.15) is 8.75 Å². The van der Waals surface area contributed by atoms with Gasteiger partial charge in [0.15, 0.2) is 0 Å². The minimum Gasteiger partial charge on any atom is -0.285 e. The standard InChI is InChI=1S/C66H88N4O2SSi4/c1-37(2)74(38(3)4,39(5)6)29-25-49-33-53-57-55(35-49)65(71)66(72)56-36-50(26-30-75(40(7)8,41(9)10)42(11)12)34-54(58(56)57)62-61(53)67-59-51(27-31-76(43(13)14,44(15)16)45(17)18)63-64(70-73-69-63)52(60(59)68-62)28-32-77(46(19)20,47(21)22)48(23)24/h33-48H,1-24H3. The molecule has 0 bridgehead atoms. The monoisotopic (exact) mass is 1110 g/mol. The maximum Gasteiger partial charge on any atom is 0.234 e. The lowest BCUT2D eigenvalue weighted by Crippen LogP contribution is -2.43. The molecule has 0 saturated carbocycles. The molecule has 2 aromatic heterocycles. The van der Waals surface area contributed by atoms with Gasteiger partial charge in [-0.25, -0.2) is 9.97 Å². The van der Waals surface area contributed by atoms with Crippen molar-refractivity contribution < 1.29 is 0 Å². The van der Waals surface area contributed by atoms with Crippen LogP contribution in [0.3, 0.4) is 0 Å². The third-order valence-corrected chi connectivity index (χ3v) is 44.9. The Morgan fingerprint density at radius 2 is 0.558 bits per heavy atom. The lowest BCUT2D eigenvalue weighted by molar-refractivity contribution is 0.838. The first-order chi connectivity index (χ1) is 35.9. The molecule has 7 aromatic rings. The van der Waals surface area contributed by atoms with E-state index in [0.717, 1.165) is 10.8 Å². The zero-order chi connectivity index (χ0) is 57.3. The van der Waals surface area contributed by atoms with Gasteiger partial charge >= 0.3 is 0 Å². The Kier molecular flexibility index (Phi) is 17.2. The Labute approximate surface area is 470 Å². The van der Waals surface area contributed by atoms with Crippen LogP contribution < -0.4 is 10.9 Å². The SMILES string of the molecule is CC(C)[Si](C#Cc1cc2c(=O)c(=O)c3cc(C#C[Si](C(C)C)(C(C)C)C(C)C)cc4c5nc6c(C#C[Si](C(C)C)(C(C)C)C(C)C)c7nsnc7c(C#C[Si](C(C)C)(C(C)C)C(C)C)c6nc5c(c1)c2c34)(C(C)C)C(C)C. The fraction of sp³-hybridized carbons (Fsp3) is 0.545. The van der Waals surface area contributed by atoms with Crippen LogP contribution >= 0.6 is 11.7 Å². The number of hydrogen-bond acceptors (Lipinski definition) is 7. The Balaban J connectivity index is 1.82. The van der Waals surface area contributed by atoms with Crippen LogP contribution in [0.15, 0.2) is 33.9 Å². The smallest absolute Gasteiger partial charge is 0.234 e. The van der Waals surface area contributed by atoms with Gasteiger partial charge in [-0.15, -0.1) is 22.2 Å². The maximum atomic E-state index is 14.9. The van der Waals surface area contributed by atoms with E-state index in [1.165, 1.54) is 11.7 Å². The molecule has 406 valence electrons. The summed E-state index contributed by atoms with van der Waals surface area (Å²) in [5.74, 6) is 15.0. The van der Waals surface area contributed by atoms with Gasteiger partial charge < -0.3 is 0 Å². The average Bonchev–Trinajstić information content (AvgIpc) is 3.95. The first-order valence-electron chi connectivity index (χ1n) is 29.0. The third-order valence-electron chi connectivity index (χ3n) is 19.2. The van der Waals surface area contributed by atoms with Crippen molar-refractivity contribution in [3.63, 3.8) is 0 Å². The Hall–Kier alpha value is -4.73. The molecule has 6 nitrogen and oxygen atoms in total. The number of hydrogen-bond donors (Lipinski definition) is 0. The number of benzene rings is 5. The second kappa shape index (κ2) is 22.1. The fourth-order valence-corrected chi connectivity index (χ4v) is 36.9. The summed E-state index contributed by atoms with van der Waals surface area (Å²) in [6.45, 7) is 55.8. The normalized spacial score (nSPS) is 13.2. The predicted octanol–water partition coefficient (Wildman–Crippen LogP) is 18.1. The Morgan fingerprint density at radius 1 is 0.325 bits per heavy atom. The lowest BCUT2D eigenvalue weighted by atomic mass is 9.89. The van der Waals surface area contributed by atoms with Gasteiger partial charge in [0.2, 0.25) is 10.9 Å². The first kappa shape index (κ1) is 59.9. The zero-order valence-corrected chi connectivity index (χ0v) is 56.1. The van der Waals surface area contributed by atoms with Crippen molar-refractivity contribution in [2.75, 3.05) is 0 Å². The minimum atomic E-state index is -2.28. The topological polar surface area (TPSA) is 85.7 Å². The highest BCUT2D eigenvalue weighted by Gasteiger charge is 2.45. The number of rotatable bonds is 12. The summed E-state index contributed by atoms with van der Waals surface area (Å²) in [5, 5.41) is 3.61. The molecule has 0 saturated heterocycles. The summed E-state index contributed by atoms with van der Waals surface area (Å²) in [5.41, 5.74) is 26.4. The highest BCUT2D eigenvalue weighted by molar-refractivity contribution is 7.00. The molecule has 0 N–H and O–H groups in total. The lowest BCUT2D eigenvalue weighted by Gasteiger charge is -2.38. The molecule has 0 unspecified atom stereocenters. The van der Waals surface area contributed by atoms with E-state index in [2.05, 4.69) is 224 Å². The van der Waals surface area contributed by atoms with E-state index in [4.69, 9.17) is 18.7 Å². The van der Waals surface area contributed by atoms with Crippen molar-refractivity contribution in [1.29, 1.82) is 0 Å². The molecule has 0 amide bonds. The molecule has 2 heterocycles. The second-order valence-electron chi connectivity index (χ2n) is 26.5. The van der Waals surface area contributed by atoms with Gasteiger partial charge in [-0.1, -0.05) is 190 Å². The summed E-state index contributed by atoms with van der Waals surface area (Å²) in [6, 6.07) is 7.97. The molecule has 5 aromatic carbocycles. The summed E-state index contributed by atoms with van der Waals surface area (Å²) in [7, 11) is -9.00. The molecule has 0 aliphatic carbocycles. The number of fused-ring (bicyclic) bond motifs is 5. The highest BCUT2D eigenvalue weighted by Crippen LogP contribution is 2.46. The van der Waals surface area contributed by atoms with Crippen LogP contribution in [0.25, 0.3) is 65.4 Å². The largest absolute Gasteiger partial charge is 0.285 e. The molecule has 11 heteroatoms. The molecule has 0 aliphatic heterocycles. The van der Waals surface area contributed by atoms with Crippen LogP contribution in [-0.4, -0.2) is 51.0 Å². The van der Waals surface area contributed by atoms with Crippen LogP contribution in [0.2, 0.25) is 66.5 Å². The molecule has 77 heavy (non-hydrogen) atoms. The maximum absolute atomic E-state index is 14.9. The van der Waals surface area contributed by atoms with E-state index in [1.807, 2.05) is 12.1 Å². The van der Waals surface area contributed by atoms with Crippen LogP contribution in [0.5, 0.6) is 0 Å². The van der Waals surface area contributed by atoms with Crippen LogP contribution in [0, 0.1) is 45.9 Å². The van der Waals surface area contributed by atoms with Crippen molar-refractivity contribution in [3.05, 3.63) is 67.0 Å². The molecular formula is C66H88N4O2SSi4. The van der Waals surface area contributed by atoms with Gasteiger partial charge in [-0.05, 0) is 90.8 Å².